The fraction of sp³-hybridized carbons (Fsp3) is 0.562. The van der Waals surface area contributed by atoms with Gasteiger partial charge in [0.1, 0.15) is 0 Å². The highest BCUT2D eigenvalue weighted by atomic mass is 16.3. The van der Waals surface area contributed by atoms with E-state index in [1.165, 1.54) is 11.1 Å². The number of amides is 1. The smallest absolute Gasteiger partial charge is 0.223 e. The molecule has 0 heterocycles. The molecule has 1 aromatic rings. The van der Waals surface area contributed by atoms with Crippen molar-refractivity contribution < 1.29 is 9.90 Å². The van der Waals surface area contributed by atoms with Crippen molar-refractivity contribution in [3.05, 3.63) is 35.4 Å². The Morgan fingerprint density at radius 1 is 1.37 bits per heavy atom. The minimum atomic E-state index is -0.796. The first kappa shape index (κ1) is 14.1. The first-order valence-corrected chi connectivity index (χ1v) is 7.09. The maximum atomic E-state index is 12.1. The van der Waals surface area contributed by atoms with Gasteiger partial charge in [0.25, 0.3) is 0 Å². The predicted octanol–water partition coefficient (Wildman–Crippen LogP) is 2.07. The van der Waals surface area contributed by atoms with Crippen LogP contribution >= 0.6 is 0 Å². The molecule has 1 aliphatic rings. The molecule has 3 nitrogen and oxygen atoms in total. The highest BCUT2D eigenvalue weighted by molar-refractivity contribution is 5.80. The minimum absolute atomic E-state index is 0.0230. The number of aliphatic hydroxyl groups is 1. The van der Waals surface area contributed by atoms with Crippen molar-refractivity contribution in [3.8, 4) is 0 Å². The number of benzene rings is 1. The number of rotatable bonds is 5. The molecular weight excluding hydrogens is 238 g/mol. The van der Waals surface area contributed by atoms with Crippen LogP contribution in [0.25, 0.3) is 0 Å². The van der Waals surface area contributed by atoms with Crippen LogP contribution in [0.5, 0.6) is 0 Å². The summed E-state index contributed by atoms with van der Waals surface area (Å²) in [6.07, 6.45) is 3.26. The van der Waals surface area contributed by atoms with Crippen LogP contribution in [0, 0.1) is 5.92 Å². The Bertz CT molecular complexity index is 429. The monoisotopic (exact) mass is 261 g/mol. The van der Waals surface area contributed by atoms with Crippen LogP contribution < -0.4 is 5.32 Å². The van der Waals surface area contributed by atoms with Crippen LogP contribution in [0.4, 0.5) is 0 Å². The van der Waals surface area contributed by atoms with Crippen molar-refractivity contribution in [2.24, 2.45) is 5.92 Å². The highest BCUT2D eigenvalue weighted by Gasteiger charge is 2.28. The molecule has 19 heavy (non-hydrogen) atoms. The van der Waals surface area contributed by atoms with Crippen LogP contribution in [0.15, 0.2) is 24.3 Å². The Morgan fingerprint density at radius 3 is 2.47 bits per heavy atom. The average Bonchev–Trinajstić information content (AvgIpc) is 2.79. The van der Waals surface area contributed by atoms with E-state index in [1.54, 1.807) is 6.92 Å². The van der Waals surface area contributed by atoms with Crippen molar-refractivity contribution in [2.45, 2.75) is 45.1 Å². The Hall–Kier alpha value is -1.35. The van der Waals surface area contributed by atoms with E-state index in [2.05, 4.69) is 17.4 Å². The molecule has 0 saturated heterocycles. The highest BCUT2D eigenvalue weighted by Crippen LogP contribution is 2.26. The second-order valence-electron chi connectivity index (χ2n) is 5.84. The zero-order valence-corrected chi connectivity index (χ0v) is 11.8. The average molecular weight is 261 g/mol. The molecule has 1 unspecified atom stereocenters. The van der Waals surface area contributed by atoms with Crippen LogP contribution in [0.2, 0.25) is 0 Å². The molecule has 0 spiro atoms. The zero-order valence-electron chi connectivity index (χ0n) is 11.8. The molecule has 3 heteroatoms. The van der Waals surface area contributed by atoms with Crippen molar-refractivity contribution in [3.63, 3.8) is 0 Å². The fourth-order valence-electron chi connectivity index (χ4n) is 2.79. The molecule has 0 saturated carbocycles. The maximum absolute atomic E-state index is 12.1. The van der Waals surface area contributed by atoms with Crippen LogP contribution in [-0.4, -0.2) is 23.2 Å². The normalized spacial score (nSPS) is 17.8. The third-order valence-corrected chi connectivity index (χ3v) is 3.85. The van der Waals surface area contributed by atoms with Crippen molar-refractivity contribution in [1.29, 1.82) is 0 Å². The lowest BCUT2D eigenvalue weighted by Crippen LogP contribution is -2.42. The third-order valence-electron chi connectivity index (χ3n) is 3.85. The van der Waals surface area contributed by atoms with Crippen molar-refractivity contribution in [2.75, 3.05) is 6.54 Å². The number of hydrogen-bond donors (Lipinski definition) is 2. The molecule has 0 bridgehead atoms. The topological polar surface area (TPSA) is 49.3 Å². The van der Waals surface area contributed by atoms with E-state index < -0.39 is 5.60 Å². The number of carbonyl (C=O) groups is 1. The molecule has 0 aromatic heterocycles. The predicted molar refractivity (Wildman–Crippen MR) is 75.9 cm³/mol. The zero-order chi connectivity index (χ0) is 13.9. The molecule has 0 radical (unpaired) electrons. The first-order valence-electron chi connectivity index (χ1n) is 7.09. The standard InChI is InChI=1S/C16H23NO2/c1-3-8-16(2,19)11-17-15(18)14-9-12-6-4-5-7-13(12)10-14/h4-7,14,19H,3,8-11H2,1-2H3,(H,17,18). The maximum Gasteiger partial charge on any atom is 0.223 e. The van der Waals surface area contributed by atoms with Gasteiger partial charge < -0.3 is 10.4 Å². The number of hydrogen-bond acceptors (Lipinski definition) is 2. The molecule has 1 atom stereocenters. The quantitative estimate of drug-likeness (QED) is 0.852. The van der Waals surface area contributed by atoms with Gasteiger partial charge in [0.05, 0.1) is 5.60 Å². The molecule has 1 aliphatic carbocycles. The van der Waals surface area contributed by atoms with Gasteiger partial charge >= 0.3 is 0 Å². The summed E-state index contributed by atoms with van der Waals surface area (Å²) in [6, 6.07) is 8.22. The second kappa shape index (κ2) is 5.74. The lowest BCUT2D eigenvalue weighted by atomic mass is 9.99. The van der Waals surface area contributed by atoms with Gasteiger partial charge in [-0.1, -0.05) is 37.6 Å². The fourth-order valence-corrected chi connectivity index (χ4v) is 2.79. The Kier molecular flexibility index (Phi) is 4.25. The van der Waals surface area contributed by atoms with Gasteiger partial charge in [-0.05, 0) is 37.3 Å². The van der Waals surface area contributed by atoms with Crippen LogP contribution in [0.1, 0.15) is 37.8 Å². The summed E-state index contributed by atoms with van der Waals surface area (Å²) in [5.74, 6) is 0.0856. The van der Waals surface area contributed by atoms with Gasteiger partial charge in [-0.2, -0.15) is 0 Å². The van der Waals surface area contributed by atoms with E-state index in [1.807, 2.05) is 19.1 Å². The molecule has 1 aromatic carbocycles. The van der Waals surface area contributed by atoms with Gasteiger partial charge in [0.15, 0.2) is 0 Å². The van der Waals surface area contributed by atoms with Gasteiger partial charge in [-0.25, -0.2) is 0 Å². The molecule has 2 N–H and O–H groups in total. The number of carbonyl (C=O) groups excluding carboxylic acids is 1. The summed E-state index contributed by atoms with van der Waals surface area (Å²) >= 11 is 0. The summed E-state index contributed by atoms with van der Waals surface area (Å²) in [5, 5.41) is 13.0. The van der Waals surface area contributed by atoms with E-state index in [0.717, 1.165) is 19.3 Å². The van der Waals surface area contributed by atoms with Crippen molar-refractivity contribution in [1.82, 2.24) is 5.32 Å². The van der Waals surface area contributed by atoms with Gasteiger partial charge in [-0.3, -0.25) is 4.79 Å². The Morgan fingerprint density at radius 2 is 1.95 bits per heavy atom. The molecule has 2 rings (SSSR count). The summed E-state index contributed by atoms with van der Waals surface area (Å²) in [6.45, 7) is 4.15. The van der Waals surface area contributed by atoms with E-state index >= 15 is 0 Å². The van der Waals surface area contributed by atoms with E-state index in [0.29, 0.717) is 13.0 Å². The molecular formula is C16H23NO2. The molecule has 0 aliphatic heterocycles. The lowest BCUT2D eigenvalue weighted by Gasteiger charge is -2.23. The SMILES string of the molecule is CCCC(C)(O)CNC(=O)C1Cc2ccccc2C1. The summed E-state index contributed by atoms with van der Waals surface area (Å²) < 4.78 is 0. The number of fused-ring (bicyclic) bond motifs is 1. The molecule has 104 valence electrons. The summed E-state index contributed by atoms with van der Waals surface area (Å²) in [7, 11) is 0. The second-order valence-corrected chi connectivity index (χ2v) is 5.84. The minimum Gasteiger partial charge on any atom is -0.388 e. The number of nitrogens with one attached hydrogen (secondary N) is 1. The van der Waals surface area contributed by atoms with E-state index in [4.69, 9.17) is 0 Å². The van der Waals surface area contributed by atoms with Crippen molar-refractivity contribution >= 4 is 5.91 Å². The summed E-state index contributed by atoms with van der Waals surface area (Å²) in [5.41, 5.74) is 1.77. The molecule has 1 amide bonds. The van der Waals surface area contributed by atoms with Gasteiger partial charge in [0.2, 0.25) is 5.91 Å². The third kappa shape index (κ3) is 3.57. The van der Waals surface area contributed by atoms with E-state index in [-0.39, 0.29) is 11.8 Å². The van der Waals surface area contributed by atoms with E-state index in [9.17, 15) is 9.90 Å². The Balaban J connectivity index is 1.86. The van der Waals surface area contributed by atoms with Crippen LogP contribution in [0.3, 0.4) is 0 Å². The molecule has 0 fully saturated rings. The first-order chi connectivity index (χ1) is 9.02. The largest absolute Gasteiger partial charge is 0.388 e. The van der Waals surface area contributed by atoms with Crippen LogP contribution in [-0.2, 0) is 17.6 Å². The Labute approximate surface area is 115 Å². The van der Waals surface area contributed by atoms with Gasteiger partial charge in [-0.15, -0.1) is 0 Å². The lowest BCUT2D eigenvalue weighted by molar-refractivity contribution is -0.125. The van der Waals surface area contributed by atoms with Gasteiger partial charge in [0, 0.05) is 12.5 Å². The summed E-state index contributed by atoms with van der Waals surface area (Å²) in [4.78, 5) is 12.1.